The lowest BCUT2D eigenvalue weighted by Gasteiger charge is -2.19. The third-order valence-electron chi connectivity index (χ3n) is 4.83. The number of hydrogen-bond acceptors (Lipinski definition) is 2. The van der Waals surface area contributed by atoms with E-state index in [1.165, 1.54) is 24.8 Å². The van der Waals surface area contributed by atoms with Crippen LogP contribution in [0.5, 0.6) is 0 Å². The molecular weight excluding hydrogens is 306 g/mol. The maximum atomic E-state index is 11.5. The van der Waals surface area contributed by atoms with Gasteiger partial charge < -0.3 is 4.42 Å². The molecule has 2 fully saturated rings. The van der Waals surface area contributed by atoms with Crippen LogP contribution in [0.4, 0.5) is 0 Å². The molecule has 0 spiro atoms. The van der Waals surface area contributed by atoms with Crippen molar-refractivity contribution in [2.45, 2.75) is 24.1 Å². The van der Waals surface area contributed by atoms with Crippen molar-refractivity contribution >= 4 is 27.0 Å². The summed E-state index contributed by atoms with van der Waals surface area (Å²) in [4.78, 5) is 11.9. The average Bonchev–Trinajstić information content (AvgIpc) is 2.91. The number of aromatic nitrogens is 1. The molecular formula is C15H16BrNO2. The van der Waals surface area contributed by atoms with Crippen molar-refractivity contribution in [1.82, 2.24) is 4.57 Å². The first-order valence-corrected chi connectivity index (χ1v) is 7.78. The van der Waals surface area contributed by atoms with Crippen molar-refractivity contribution in [3.05, 3.63) is 34.3 Å². The molecule has 0 radical (unpaired) electrons. The summed E-state index contributed by atoms with van der Waals surface area (Å²) in [6.07, 6.45) is 4.14. The van der Waals surface area contributed by atoms with Crippen LogP contribution in [0, 0.1) is 17.8 Å². The molecule has 4 rings (SSSR count). The fourth-order valence-electron chi connectivity index (χ4n) is 3.59. The van der Waals surface area contributed by atoms with Crippen LogP contribution in [0.3, 0.4) is 0 Å². The van der Waals surface area contributed by atoms with Gasteiger partial charge in [0, 0.05) is 11.9 Å². The smallest absolute Gasteiger partial charge is 0.408 e. The van der Waals surface area contributed by atoms with Gasteiger partial charge in [-0.3, -0.25) is 4.57 Å². The van der Waals surface area contributed by atoms with Crippen molar-refractivity contribution in [1.29, 1.82) is 0 Å². The zero-order chi connectivity index (χ0) is 13.1. The van der Waals surface area contributed by atoms with E-state index < -0.39 is 0 Å². The van der Waals surface area contributed by atoms with Gasteiger partial charge in [-0.1, -0.05) is 22.0 Å². The summed E-state index contributed by atoms with van der Waals surface area (Å²) in [6.45, 7) is 0. The number of benzene rings is 1. The Hall–Kier alpha value is -1.03. The van der Waals surface area contributed by atoms with Crippen LogP contribution in [0.15, 0.2) is 27.4 Å². The number of fused-ring (bicyclic) bond motifs is 2. The quantitative estimate of drug-likeness (QED) is 0.792. The van der Waals surface area contributed by atoms with E-state index in [2.05, 4.69) is 22.0 Å². The summed E-state index contributed by atoms with van der Waals surface area (Å²) in [7, 11) is 1.74. The Kier molecular flexibility index (Phi) is 2.47. The topological polar surface area (TPSA) is 35.1 Å². The molecule has 0 N–H and O–H groups in total. The van der Waals surface area contributed by atoms with Gasteiger partial charge in [0.25, 0.3) is 0 Å². The van der Waals surface area contributed by atoms with Crippen LogP contribution in [0.1, 0.15) is 29.7 Å². The molecule has 3 nitrogen and oxygen atoms in total. The highest BCUT2D eigenvalue weighted by Gasteiger charge is 2.47. The normalized spacial score (nSPS) is 30.5. The zero-order valence-electron chi connectivity index (χ0n) is 10.8. The second-order valence-electron chi connectivity index (χ2n) is 6.04. The maximum absolute atomic E-state index is 11.5. The van der Waals surface area contributed by atoms with Crippen LogP contribution in [0.2, 0.25) is 0 Å². The second-order valence-corrected chi connectivity index (χ2v) is 7.03. The van der Waals surface area contributed by atoms with Gasteiger partial charge in [-0.2, -0.15) is 0 Å². The number of hydrogen-bond donors (Lipinski definition) is 0. The molecule has 2 saturated carbocycles. The highest BCUT2D eigenvalue weighted by Crippen LogP contribution is 2.58. The second kappa shape index (κ2) is 3.98. The van der Waals surface area contributed by atoms with Gasteiger partial charge in [-0.15, -0.1) is 0 Å². The molecule has 0 bridgehead atoms. The predicted molar refractivity (Wildman–Crippen MR) is 77.4 cm³/mol. The monoisotopic (exact) mass is 321 g/mol. The molecule has 3 unspecified atom stereocenters. The highest BCUT2D eigenvalue weighted by molar-refractivity contribution is 9.09. The van der Waals surface area contributed by atoms with E-state index in [4.69, 9.17) is 4.42 Å². The summed E-state index contributed by atoms with van der Waals surface area (Å²) >= 11 is 3.85. The largest absolute Gasteiger partial charge is 0.419 e. The molecule has 2 aliphatic carbocycles. The fraction of sp³-hybridized carbons (Fsp3) is 0.533. The van der Waals surface area contributed by atoms with E-state index in [1.54, 1.807) is 11.6 Å². The van der Waals surface area contributed by atoms with Crippen LogP contribution in [0.25, 0.3) is 11.1 Å². The molecule has 2 aromatic rings. The van der Waals surface area contributed by atoms with Crippen LogP contribution in [-0.4, -0.2) is 4.57 Å². The number of rotatable bonds is 2. The molecule has 1 heterocycles. The molecule has 0 amide bonds. The molecule has 3 atom stereocenters. The molecule has 0 saturated heterocycles. The maximum Gasteiger partial charge on any atom is 0.419 e. The van der Waals surface area contributed by atoms with E-state index in [0.717, 1.165) is 23.3 Å². The third-order valence-corrected chi connectivity index (χ3v) is 6.11. The van der Waals surface area contributed by atoms with Crippen molar-refractivity contribution in [2.24, 2.45) is 24.8 Å². The Bertz CT molecular complexity index is 692. The Morgan fingerprint density at radius 3 is 2.79 bits per heavy atom. The number of oxazole rings is 1. The number of nitrogens with zero attached hydrogens (tertiary/aromatic N) is 1. The van der Waals surface area contributed by atoms with Crippen molar-refractivity contribution in [2.75, 3.05) is 0 Å². The lowest BCUT2D eigenvalue weighted by atomic mass is 9.94. The minimum Gasteiger partial charge on any atom is -0.408 e. The van der Waals surface area contributed by atoms with Crippen molar-refractivity contribution in [3.8, 4) is 0 Å². The number of aryl methyl sites for hydroxylation is 1. The SMILES string of the molecule is Cn1c(=O)oc2cc(C(Br)C3CC4CC4C3)ccc21. The summed E-state index contributed by atoms with van der Waals surface area (Å²) < 4.78 is 6.82. The zero-order valence-corrected chi connectivity index (χ0v) is 12.4. The number of alkyl halides is 1. The summed E-state index contributed by atoms with van der Waals surface area (Å²) in [5.41, 5.74) is 2.79. The Balaban J connectivity index is 1.68. The van der Waals surface area contributed by atoms with E-state index in [0.29, 0.717) is 10.4 Å². The summed E-state index contributed by atoms with van der Waals surface area (Å²) in [6, 6.07) is 6.11. The first kappa shape index (κ1) is 11.8. The van der Waals surface area contributed by atoms with E-state index in [1.807, 2.05) is 12.1 Å². The first-order chi connectivity index (χ1) is 9.13. The minimum absolute atomic E-state index is 0.291. The summed E-state index contributed by atoms with van der Waals surface area (Å²) in [5, 5.41) is 0. The fourth-order valence-corrected chi connectivity index (χ4v) is 4.31. The standard InChI is InChI=1S/C15H16BrNO2/c1-17-12-3-2-8(7-13(12)19-15(17)18)14(16)11-5-9-4-10(9)6-11/h2-3,7,9-11,14H,4-6H2,1H3. The van der Waals surface area contributed by atoms with E-state index in [-0.39, 0.29) is 5.76 Å². The van der Waals surface area contributed by atoms with E-state index in [9.17, 15) is 4.79 Å². The molecule has 19 heavy (non-hydrogen) atoms. The highest BCUT2D eigenvalue weighted by atomic mass is 79.9. The summed E-state index contributed by atoms with van der Waals surface area (Å²) in [5.74, 6) is 2.42. The average molecular weight is 322 g/mol. The van der Waals surface area contributed by atoms with Crippen molar-refractivity contribution in [3.63, 3.8) is 0 Å². The minimum atomic E-state index is -0.291. The van der Waals surface area contributed by atoms with Gasteiger partial charge in [0.2, 0.25) is 0 Å². The van der Waals surface area contributed by atoms with Gasteiger partial charge in [-0.25, -0.2) is 4.79 Å². The molecule has 4 heteroatoms. The van der Waals surface area contributed by atoms with Crippen LogP contribution >= 0.6 is 15.9 Å². The van der Waals surface area contributed by atoms with Crippen LogP contribution in [-0.2, 0) is 7.05 Å². The third kappa shape index (κ3) is 1.80. The van der Waals surface area contributed by atoms with Gasteiger partial charge in [0.1, 0.15) is 0 Å². The van der Waals surface area contributed by atoms with Gasteiger partial charge in [0.15, 0.2) is 5.58 Å². The predicted octanol–water partition coefficient (Wildman–Crippen LogP) is 3.61. The number of halogens is 1. The lowest BCUT2D eigenvalue weighted by molar-refractivity contribution is 0.481. The first-order valence-electron chi connectivity index (χ1n) is 6.87. The van der Waals surface area contributed by atoms with Crippen molar-refractivity contribution < 1.29 is 4.42 Å². The lowest BCUT2D eigenvalue weighted by Crippen LogP contribution is -2.08. The molecule has 2 aliphatic rings. The Morgan fingerprint density at radius 2 is 2.05 bits per heavy atom. The van der Waals surface area contributed by atoms with E-state index >= 15 is 0 Å². The van der Waals surface area contributed by atoms with Gasteiger partial charge in [-0.05, 0) is 54.7 Å². The van der Waals surface area contributed by atoms with Gasteiger partial charge in [0.05, 0.1) is 5.52 Å². The van der Waals surface area contributed by atoms with Gasteiger partial charge >= 0.3 is 5.76 Å². The van der Waals surface area contributed by atoms with Crippen LogP contribution < -0.4 is 5.76 Å². The molecule has 100 valence electrons. The molecule has 1 aromatic carbocycles. The molecule has 1 aromatic heterocycles. The Morgan fingerprint density at radius 1 is 1.32 bits per heavy atom. The molecule has 0 aliphatic heterocycles. The Labute approximate surface area is 119 Å².